The van der Waals surface area contributed by atoms with E-state index in [4.69, 9.17) is 4.42 Å². The molecular formula is C23H20FNO5S. The van der Waals surface area contributed by atoms with Gasteiger partial charge in [0.1, 0.15) is 11.4 Å². The Morgan fingerprint density at radius 3 is 2.48 bits per heavy atom. The molecule has 5 rings (SSSR count). The number of hydrogen-bond acceptors (Lipinski definition) is 5. The Bertz CT molecular complexity index is 1430. The van der Waals surface area contributed by atoms with Crippen molar-refractivity contribution in [1.29, 1.82) is 0 Å². The Hall–Kier alpha value is -3.00. The zero-order chi connectivity index (χ0) is 22.1. The number of nitrogens with zero attached hydrogens (tertiary/aromatic N) is 1. The number of benzene rings is 2. The Morgan fingerprint density at radius 1 is 1.10 bits per heavy atom. The summed E-state index contributed by atoms with van der Waals surface area (Å²) in [5, 5.41) is 0.317. The minimum Gasteiger partial charge on any atom is -0.450 e. The van der Waals surface area contributed by atoms with Crippen LogP contribution in [0, 0.1) is 19.7 Å². The fraction of sp³-hybridized carbons (Fsp3) is 0.304. The molecule has 0 N–H and O–H groups in total. The van der Waals surface area contributed by atoms with Gasteiger partial charge in [-0.1, -0.05) is 18.2 Å². The molecule has 1 amide bonds. The zero-order valence-electron chi connectivity index (χ0n) is 17.0. The maximum atomic E-state index is 14.8. The molecule has 8 heteroatoms. The normalized spacial score (nSPS) is 22.3. The van der Waals surface area contributed by atoms with Crippen LogP contribution in [0.4, 0.5) is 4.39 Å². The van der Waals surface area contributed by atoms with Crippen LogP contribution in [-0.4, -0.2) is 36.8 Å². The summed E-state index contributed by atoms with van der Waals surface area (Å²) >= 11 is 0. The molecule has 2 aliphatic rings. The van der Waals surface area contributed by atoms with Crippen molar-refractivity contribution in [1.82, 2.24) is 4.90 Å². The van der Waals surface area contributed by atoms with Crippen LogP contribution in [0.3, 0.4) is 0 Å². The van der Waals surface area contributed by atoms with Gasteiger partial charge in [-0.15, -0.1) is 0 Å². The number of carbonyl (C=O) groups excluding carboxylic acids is 1. The van der Waals surface area contributed by atoms with Gasteiger partial charge in [-0.25, -0.2) is 12.8 Å². The van der Waals surface area contributed by atoms with Crippen LogP contribution in [0.25, 0.3) is 11.0 Å². The van der Waals surface area contributed by atoms with E-state index in [1.165, 1.54) is 23.1 Å². The number of fused-ring (bicyclic) bond motifs is 2. The van der Waals surface area contributed by atoms with Crippen LogP contribution in [-0.2, 0) is 9.84 Å². The van der Waals surface area contributed by atoms with Crippen LogP contribution in [0.1, 0.15) is 45.3 Å². The van der Waals surface area contributed by atoms with Crippen LogP contribution >= 0.6 is 0 Å². The molecule has 0 radical (unpaired) electrons. The highest BCUT2D eigenvalue weighted by atomic mass is 32.2. The van der Waals surface area contributed by atoms with E-state index in [1.807, 2.05) is 13.8 Å². The topological polar surface area (TPSA) is 84.7 Å². The van der Waals surface area contributed by atoms with E-state index < -0.39 is 39.1 Å². The molecule has 3 heterocycles. The molecule has 2 aromatic carbocycles. The molecule has 160 valence electrons. The van der Waals surface area contributed by atoms with Crippen LogP contribution in [0.5, 0.6) is 0 Å². The Labute approximate surface area is 178 Å². The summed E-state index contributed by atoms with van der Waals surface area (Å²) in [5.74, 6) is -1.56. The van der Waals surface area contributed by atoms with Gasteiger partial charge in [-0.05, 0) is 49.6 Å². The van der Waals surface area contributed by atoms with E-state index >= 15 is 0 Å². The van der Waals surface area contributed by atoms with Gasteiger partial charge in [0.2, 0.25) is 5.76 Å². The van der Waals surface area contributed by atoms with Gasteiger partial charge < -0.3 is 9.32 Å². The maximum Gasteiger partial charge on any atom is 0.291 e. The minimum atomic E-state index is -3.32. The summed E-state index contributed by atoms with van der Waals surface area (Å²) in [7, 11) is -3.32. The first-order valence-corrected chi connectivity index (χ1v) is 11.9. The number of amides is 1. The molecule has 0 spiro atoms. The highest BCUT2D eigenvalue weighted by molar-refractivity contribution is 7.91. The molecule has 3 aromatic rings. The number of carbonyl (C=O) groups is 1. The van der Waals surface area contributed by atoms with Crippen LogP contribution in [0.2, 0.25) is 0 Å². The molecule has 1 fully saturated rings. The third kappa shape index (κ3) is 3.00. The fourth-order valence-corrected chi connectivity index (χ4v) is 6.33. The average molecular weight is 441 g/mol. The maximum absolute atomic E-state index is 14.8. The lowest BCUT2D eigenvalue weighted by Gasteiger charge is -2.30. The highest BCUT2D eigenvalue weighted by Gasteiger charge is 2.49. The summed E-state index contributed by atoms with van der Waals surface area (Å²) in [6.45, 7) is 3.75. The zero-order valence-corrected chi connectivity index (χ0v) is 17.8. The Balaban J connectivity index is 1.80. The van der Waals surface area contributed by atoms with Crippen molar-refractivity contribution in [2.75, 3.05) is 11.5 Å². The third-order valence-electron chi connectivity index (χ3n) is 6.32. The standard InChI is InChI=1S/C23H20FNO5S/c1-12-9-16-18(10-13(12)2)30-22-19(21(16)26)20(15-5-3-4-6-17(15)24)25(23(22)27)14-7-8-31(28,29)11-14/h3-6,9-10,14,20H,7-8,11H2,1-2H3. The molecular weight excluding hydrogens is 421 g/mol. The molecule has 0 saturated carbocycles. The van der Waals surface area contributed by atoms with E-state index in [-0.39, 0.29) is 40.4 Å². The molecule has 0 bridgehead atoms. The molecule has 2 atom stereocenters. The largest absolute Gasteiger partial charge is 0.450 e. The van der Waals surface area contributed by atoms with Crippen molar-refractivity contribution < 1.29 is 22.0 Å². The number of sulfone groups is 1. The van der Waals surface area contributed by atoms with Crippen LogP contribution < -0.4 is 5.43 Å². The second-order valence-corrected chi connectivity index (χ2v) is 10.5. The summed E-state index contributed by atoms with van der Waals surface area (Å²) in [5.41, 5.74) is 1.90. The first-order valence-electron chi connectivity index (χ1n) is 10.0. The Kier molecular flexibility index (Phi) is 4.34. The molecule has 31 heavy (non-hydrogen) atoms. The van der Waals surface area contributed by atoms with Gasteiger partial charge in [-0.2, -0.15) is 0 Å². The van der Waals surface area contributed by atoms with Crippen molar-refractivity contribution in [3.8, 4) is 0 Å². The van der Waals surface area contributed by atoms with Crippen LogP contribution in [0.15, 0.2) is 45.6 Å². The minimum absolute atomic E-state index is 0.0521. The third-order valence-corrected chi connectivity index (χ3v) is 8.07. The summed E-state index contributed by atoms with van der Waals surface area (Å²) < 4.78 is 45.0. The first-order chi connectivity index (χ1) is 14.7. The predicted octanol–water partition coefficient (Wildman–Crippen LogP) is 3.28. The van der Waals surface area contributed by atoms with Crippen molar-refractivity contribution in [3.05, 3.63) is 80.5 Å². The molecule has 1 aromatic heterocycles. The molecule has 6 nitrogen and oxygen atoms in total. The fourth-order valence-electron chi connectivity index (χ4n) is 4.62. The predicted molar refractivity (Wildman–Crippen MR) is 113 cm³/mol. The number of hydrogen-bond donors (Lipinski definition) is 0. The number of aryl methyl sites for hydroxylation is 2. The van der Waals surface area contributed by atoms with Crippen molar-refractivity contribution in [3.63, 3.8) is 0 Å². The van der Waals surface area contributed by atoms with Gasteiger partial charge in [0.15, 0.2) is 15.3 Å². The summed E-state index contributed by atoms with van der Waals surface area (Å²) in [6, 6.07) is 7.65. The van der Waals surface area contributed by atoms with Crippen molar-refractivity contribution in [2.45, 2.75) is 32.4 Å². The summed E-state index contributed by atoms with van der Waals surface area (Å²) in [6.07, 6.45) is 0.235. The molecule has 2 unspecified atom stereocenters. The quantitative estimate of drug-likeness (QED) is 0.609. The molecule has 1 saturated heterocycles. The van der Waals surface area contributed by atoms with Crippen molar-refractivity contribution >= 4 is 26.7 Å². The van der Waals surface area contributed by atoms with E-state index in [9.17, 15) is 22.4 Å². The smallest absolute Gasteiger partial charge is 0.291 e. The molecule has 0 aliphatic carbocycles. The van der Waals surface area contributed by atoms with Gasteiger partial charge in [0.25, 0.3) is 5.91 Å². The number of halogens is 1. The lowest BCUT2D eigenvalue weighted by Crippen LogP contribution is -2.40. The van der Waals surface area contributed by atoms with E-state index in [2.05, 4.69) is 0 Å². The number of rotatable bonds is 2. The second kappa shape index (κ2) is 6.75. The van der Waals surface area contributed by atoms with Gasteiger partial charge in [-0.3, -0.25) is 9.59 Å². The average Bonchev–Trinajstić information content (AvgIpc) is 3.21. The molecule has 2 aliphatic heterocycles. The SMILES string of the molecule is Cc1cc2oc3c(c(=O)c2cc1C)C(c1ccccc1F)N(C1CCS(=O)(=O)C1)C3=O. The lowest BCUT2D eigenvalue weighted by molar-refractivity contribution is 0.0660. The van der Waals surface area contributed by atoms with E-state index in [0.29, 0.717) is 5.39 Å². The van der Waals surface area contributed by atoms with Gasteiger partial charge in [0.05, 0.1) is 28.5 Å². The Morgan fingerprint density at radius 2 is 1.81 bits per heavy atom. The summed E-state index contributed by atoms with van der Waals surface area (Å²) in [4.78, 5) is 28.3. The lowest BCUT2D eigenvalue weighted by atomic mass is 9.96. The van der Waals surface area contributed by atoms with Crippen molar-refractivity contribution in [2.24, 2.45) is 0 Å². The van der Waals surface area contributed by atoms with E-state index in [0.717, 1.165) is 11.1 Å². The van der Waals surface area contributed by atoms with Gasteiger partial charge in [0, 0.05) is 11.6 Å². The highest BCUT2D eigenvalue weighted by Crippen LogP contribution is 2.42. The first kappa shape index (κ1) is 19.9. The van der Waals surface area contributed by atoms with Gasteiger partial charge >= 0.3 is 0 Å². The second-order valence-electron chi connectivity index (χ2n) is 8.30. The monoisotopic (exact) mass is 441 g/mol. The van der Waals surface area contributed by atoms with E-state index in [1.54, 1.807) is 18.2 Å².